The quantitative estimate of drug-likeness (QED) is 0.0123. The zero-order valence-electron chi connectivity index (χ0n) is 93.6. The van der Waals surface area contributed by atoms with Crippen LogP contribution in [0.25, 0.3) is 0 Å². The third-order valence-corrected chi connectivity index (χ3v) is 38.9. The van der Waals surface area contributed by atoms with Crippen LogP contribution in [-0.4, -0.2) is 187 Å². The van der Waals surface area contributed by atoms with Gasteiger partial charge in [0.25, 0.3) is 0 Å². The molecule has 0 fully saturated rings. The molecule has 6 aromatic carbocycles. The maximum absolute atomic E-state index is 11.4. The lowest BCUT2D eigenvalue weighted by atomic mass is 10.1. The van der Waals surface area contributed by atoms with Gasteiger partial charge in [-0.15, -0.1) is 0 Å². The molecule has 0 atom stereocenters. The first-order chi connectivity index (χ1) is 68.5. The highest BCUT2D eigenvalue weighted by molar-refractivity contribution is 14.1. The monoisotopic (exact) mass is 3400 g/mol. The van der Waals surface area contributed by atoms with E-state index >= 15 is 0 Å². The minimum atomic E-state index is -0.0862. The topological polar surface area (TPSA) is 138 Å². The summed E-state index contributed by atoms with van der Waals surface area (Å²) in [6, 6.07) is 22.4. The Bertz CT molecular complexity index is 3500. The van der Waals surface area contributed by atoms with E-state index in [1.807, 2.05) is 79.9 Å². The van der Waals surface area contributed by atoms with Crippen molar-refractivity contribution in [3.05, 3.63) is 149 Å². The fraction of sp³-hybridized carbons (Fsp3) is 0.690. The Kier molecular flexibility index (Phi) is 106. The normalized spacial score (nSPS) is 11.2. The van der Waals surface area contributed by atoms with Gasteiger partial charge in [-0.1, -0.05) is 419 Å². The molecule has 6 aromatic rings. The highest BCUT2D eigenvalue weighted by atomic mass is 127. The molecule has 6 rings (SSSR count). The summed E-state index contributed by atoms with van der Waals surface area (Å²) in [5.41, 5.74) is 0. The Morgan fingerprint density at radius 1 is 0.186 bits per heavy atom. The van der Waals surface area contributed by atoms with Crippen LogP contribution in [0.3, 0.4) is 0 Å². The second-order valence-corrected chi connectivity index (χ2v) is 56.9. The van der Waals surface area contributed by atoms with E-state index in [0.717, 1.165) is 52.8 Å². The van der Waals surface area contributed by atoms with E-state index in [4.69, 9.17) is 0 Å². The lowest BCUT2D eigenvalue weighted by Crippen LogP contribution is -2.50. The van der Waals surface area contributed by atoms with Gasteiger partial charge in [0.1, 0.15) is 0 Å². The molecule has 844 valence electrons. The largest absolute Gasteiger partial charge is 0.872 e. The Hall–Kier alpha value is 3.54. The van der Waals surface area contributed by atoms with Gasteiger partial charge in [-0.2, -0.15) is 0 Å². The first kappa shape index (κ1) is 157. The van der Waals surface area contributed by atoms with Gasteiger partial charge >= 0.3 is 0 Å². The third-order valence-electron chi connectivity index (χ3n) is 25.0. The molecule has 145 heavy (non-hydrogen) atoms. The fourth-order valence-electron chi connectivity index (χ4n) is 15.9. The number of quaternary nitrogens is 6. The van der Waals surface area contributed by atoms with Crippen molar-refractivity contribution in [2.75, 3.05) is 160 Å². The van der Waals surface area contributed by atoms with E-state index in [1.54, 1.807) is 66.7 Å². The molecule has 0 N–H and O–H groups in total. The van der Waals surface area contributed by atoms with Crippen molar-refractivity contribution in [2.24, 2.45) is 0 Å². The van der Waals surface area contributed by atoms with Crippen LogP contribution in [-0.2, 0) is 0 Å². The fourth-order valence-corrected chi connectivity index (χ4v) is 28.6. The first-order valence-corrected chi connectivity index (χ1v) is 69.8. The zero-order valence-corrected chi connectivity index (χ0v) is 124. The molecule has 0 unspecified atom stereocenters. The number of benzene rings is 6. The number of unbranched alkanes of at least 4 members (excludes halogenated alkanes) is 23. The SMILES string of the molecule is CCCC[N+](CCCC)(CCCC)CCCC.CCCC[N+](CCCC)(CCCC)CCCC.CCCC[N+](CCCC)(CCCC)CCCC.CCCC[N+](CCCC)(CCCC)CCCC.C[N+](C)(C)CCCCCCCCCC[N+](C)(C)C.[O-]c1c(Br)c(Br)c(Br)c(Br)c1Br.[O-]c1c(Br)cc(Br)cc1Br.[O-]c1c(I)cc(I)cc1I.[O-]c1ccc(Br)cc1I.[O-]c1ccc(Br)cc1I.[O-]c1ccc(Br)cc1I. The number of halogens is 17. The Labute approximate surface area is 1060 Å². The van der Waals surface area contributed by atoms with Gasteiger partial charge < -0.3 is 57.5 Å². The molecule has 12 nitrogen and oxygen atoms in total. The van der Waals surface area contributed by atoms with E-state index < -0.39 is 0 Å². The minimum absolute atomic E-state index is 0.0248. The second kappa shape index (κ2) is 98.3. The van der Waals surface area contributed by atoms with Crippen molar-refractivity contribution in [2.45, 2.75) is 368 Å². The van der Waals surface area contributed by atoms with E-state index in [2.05, 4.69) is 396 Å². The van der Waals surface area contributed by atoms with Crippen molar-refractivity contribution >= 4 is 311 Å². The van der Waals surface area contributed by atoms with Crippen molar-refractivity contribution in [1.29, 1.82) is 0 Å². The highest BCUT2D eigenvalue weighted by Gasteiger charge is 2.29. The minimum Gasteiger partial charge on any atom is -0.872 e. The summed E-state index contributed by atoms with van der Waals surface area (Å²) in [6.07, 6.45) is 55.7. The van der Waals surface area contributed by atoms with E-state index in [0.29, 0.717) is 26.8 Å². The molecule has 0 aliphatic carbocycles. The molecule has 0 aliphatic heterocycles. The van der Waals surface area contributed by atoms with Crippen LogP contribution in [0.5, 0.6) is 34.5 Å². The molecule has 29 heteroatoms. The maximum Gasteiger partial charge on any atom is 0.0786 e. The summed E-state index contributed by atoms with van der Waals surface area (Å²) in [5, 5.41) is 65.7. The van der Waals surface area contributed by atoms with Gasteiger partial charge in [0.2, 0.25) is 0 Å². The van der Waals surface area contributed by atoms with Gasteiger partial charge in [-0.05, 0) is 372 Å². The summed E-state index contributed by atoms with van der Waals surface area (Å²) >= 11 is 47.8. The average molecular weight is 3410 g/mol. The van der Waals surface area contributed by atoms with Gasteiger partial charge in [-0.25, -0.2) is 0 Å². The summed E-state index contributed by atoms with van der Waals surface area (Å²) in [4.78, 5) is 0. The summed E-state index contributed by atoms with van der Waals surface area (Å²) < 4.78 is 21.0. The molecule has 0 saturated heterocycles. The Morgan fingerprint density at radius 2 is 0.359 bits per heavy atom. The molecule has 0 bridgehead atoms. The van der Waals surface area contributed by atoms with Gasteiger partial charge in [0.05, 0.1) is 160 Å². The summed E-state index contributed by atoms with van der Waals surface area (Å²) in [6.45, 7) is 62.7. The Morgan fingerprint density at radius 3 is 0.517 bits per heavy atom. The van der Waals surface area contributed by atoms with Gasteiger partial charge in [0.15, 0.2) is 0 Å². The molecular weight excluding hydrogens is 3210 g/mol. The predicted molar refractivity (Wildman–Crippen MR) is 717 cm³/mol. The number of hydrogen-bond donors (Lipinski definition) is 0. The van der Waals surface area contributed by atoms with Crippen LogP contribution in [0.2, 0.25) is 0 Å². The highest BCUT2D eigenvalue weighted by Crippen LogP contribution is 2.47. The lowest BCUT2D eigenvalue weighted by molar-refractivity contribution is -0.929. The first-order valence-electron chi connectivity index (χ1n) is 54.7. The molecule has 0 spiro atoms. The smallest absolute Gasteiger partial charge is 0.0786 e. The van der Waals surface area contributed by atoms with Crippen LogP contribution in [0.4, 0.5) is 0 Å². The van der Waals surface area contributed by atoms with Crippen molar-refractivity contribution in [1.82, 2.24) is 0 Å². The van der Waals surface area contributed by atoms with Crippen molar-refractivity contribution < 1.29 is 57.5 Å². The van der Waals surface area contributed by atoms with Crippen LogP contribution < -0.4 is 30.6 Å². The molecule has 0 saturated carbocycles. The maximum atomic E-state index is 11.4. The standard InChI is InChI=1S/C16H38N2.4C16H36N.C6HBr5O.C6H3Br3O.3C6H4BrIO.C6H3I3O/c1-17(2,3)15-13-11-9-7-8-10-12-14-16-18(4,5)6;4*1-5-9-13-17(14-10-6-2,15-11-7-3)16-12-8-4;7-1-2(8)4(10)6(12)5(11)3(1)9;7-3-1-4(8)6(10)5(9)2-3;3*7-4-1-2-6(9)5(8)3-4;7-3-1-4(8)6(10)5(9)2-3/h7-16H2,1-6H3;4*5-16H2,1-4H3;12H;1-2,10H;3*1-3,9H;1-2,10H/q+2;4*+1;;;;;;/p-6. The van der Waals surface area contributed by atoms with Crippen LogP contribution in [0.1, 0.15) is 368 Å². The molecule has 0 radical (unpaired) electrons. The average Bonchev–Trinajstić information content (AvgIpc) is 0.805. The van der Waals surface area contributed by atoms with Crippen molar-refractivity contribution in [3.63, 3.8) is 0 Å². The van der Waals surface area contributed by atoms with Crippen LogP contribution in [0, 0.1) is 21.4 Å². The van der Waals surface area contributed by atoms with Crippen LogP contribution >= 0.6 is 311 Å². The van der Waals surface area contributed by atoms with Gasteiger partial charge in [0, 0.05) is 70.6 Å². The van der Waals surface area contributed by atoms with E-state index in [-0.39, 0.29) is 34.5 Å². The molecular formula is C116H195Br11I6N6O6. The predicted octanol–water partition coefficient (Wildman–Crippen LogP) is 40.1. The lowest BCUT2D eigenvalue weighted by Gasteiger charge is -2.39. The molecule has 0 aliphatic rings. The molecule has 0 heterocycles. The number of rotatable bonds is 59. The van der Waals surface area contributed by atoms with Crippen LogP contribution in [0.15, 0.2) is 128 Å². The molecule has 0 amide bonds. The third kappa shape index (κ3) is 83.4. The van der Waals surface area contributed by atoms with E-state index in [9.17, 15) is 30.6 Å². The summed E-state index contributed by atoms with van der Waals surface area (Å²) in [5.74, 6) is 0.276. The van der Waals surface area contributed by atoms with Crippen molar-refractivity contribution in [3.8, 4) is 34.5 Å². The van der Waals surface area contributed by atoms with E-state index in [1.165, 1.54) is 393 Å². The number of hydrogen-bond acceptors (Lipinski definition) is 6. The second-order valence-electron chi connectivity index (χ2n) is 40.5. The molecule has 0 aromatic heterocycles. The van der Waals surface area contributed by atoms with Gasteiger partial charge in [-0.3, -0.25) is 0 Å². The zero-order chi connectivity index (χ0) is 111. The Balaban J connectivity index is -0.000000500. The summed E-state index contributed by atoms with van der Waals surface area (Å²) in [7, 11) is 13.7. The number of nitrogens with zero attached hydrogens (tertiary/aromatic N) is 6.